The van der Waals surface area contributed by atoms with Crippen molar-refractivity contribution in [3.05, 3.63) is 62.7 Å². The highest BCUT2D eigenvalue weighted by atomic mass is 35.5. The molecule has 0 heterocycles. The van der Waals surface area contributed by atoms with Crippen molar-refractivity contribution in [1.82, 2.24) is 0 Å². The Bertz CT molecular complexity index is 775. The van der Waals surface area contributed by atoms with Crippen LogP contribution in [0.15, 0.2) is 36.4 Å². The van der Waals surface area contributed by atoms with Crippen LogP contribution < -0.4 is 10.2 Å². The van der Waals surface area contributed by atoms with Crippen LogP contribution in [0.4, 0.5) is 17.1 Å². The number of aryl methyl sites for hydroxylation is 1. The predicted molar refractivity (Wildman–Crippen MR) is 91.6 cm³/mol. The first-order valence-corrected chi connectivity index (χ1v) is 7.20. The van der Waals surface area contributed by atoms with E-state index in [0.29, 0.717) is 16.4 Å². The molecule has 0 fully saturated rings. The molecule has 2 aromatic carbocycles. The Hall–Kier alpha value is -2.60. The van der Waals surface area contributed by atoms with Gasteiger partial charge in [0.15, 0.2) is 0 Å². The van der Waals surface area contributed by atoms with E-state index in [-0.39, 0.29) is 11.3 Å². The van der Waals surface area contributed by atoms with Crippen molar-refractivity contribution in [2.45, 2.75) is 6.92 Å². The number of carbonyl (C=O) groups is 1. The SMILES string of the molecule is Cc1cc(Cl)ccc1NC(=O)c1ccc(N(C)C)c([N+](=O)[O-])c1. The molecule has 1 N–H and O–H groups in total. The molecule has 7 heteroatoms. The average molecular weight is 334 g/mol. The zero-order chi connectivity index (χ0) is 17.1. The van der Waals surface area contributed by atoms with Gasteiger partial charge in [-0.15, -0.1) is 0 Å². The molecule has 0 saturated carbocycles. The second-order valence-electron chi connectivity index (χ2n) is 5.27. The minimum absolute atomic E-state index is 0.115. The van der Waals surface area contributed by atoms with E-state index in [9.17, 15) is 14.9 Å². The van der Waals surface area contributed by atoms with E-state index in [2.05, 4.69) is 5.32 Å². The highest BCUT2D eigenvalue weighted by Crippen LogP contribution is 2.28. The third-order valence-corrected chi connectivity index (χ3v) is 3.59. The number of benzene rings is 2. The fourth-order valence-corrected chi connectivity index (χ4v) is 2.38. The summed E-state index contributed by atoms with van der Waals surface area (Å²) in [6.45, 7) is 1.82. The van der Waals surface area contributed by atoms with Gasteiger partial charge in [-0.05, 0) is 42.8 Å². The van der Waals surface area contributed by atoms with E-state index in [0.717, 1.165) is 5.56 Å². The normalized spacial score (nSPS) is 10.3. The van der Waals surface area contributed by atoms with Crippen molar-refractivity contribution in [3.8, 4) is 0 Å². The first-order chi connectivity index (χ1) is 10.8. The maximum Gasteiger partial charge on any atom is 0.293 e. The standard InChI is InChI=1S/C16H16ClN3O3/c1-10-8-12(17)5-6-13(10)18-16(21)11-4-7-14(19(2)3)15(9-11)20(22)23/h4-9H,1-3H3,(H,18,21). The number of amides is 1. The average Bonchev–Trinajstić information content (AvgIpc) is 2.49. The van der Waals surface area contributed by atoms with Gasteiger partial charge in [0.25, 0.3) is 11.6 Å². The molecule has 6 nitrogen and oxygen atoms in total. The van der Waals surface area contributed by atoms with Crippen molar-refractivity contribution in [2.24, 2.45) is 0 Å². The van der Waals surface area contributed by atoms with E-state index in [1.165, 1.54) is 6.07 Å². The number of carbonyl (C=O) groups excluding carboxylic acids is 1. The molecule has 120 valence electrons. The van der Waals surface area contributed by atoms with E-state index in [1.54, 1.807) is 49.3 Å². The molecule has 0 aliphatic carbocycles. The molecule has 0 spiro atoms. The first kappa shape index (κ1) is 16.8. The quantitative estimate of drug-likeness (QED) is 0.680. The van der Waals surface area contributed by atoms with Gasteiger partial charge in [0.2, 0.25) is 0 Å². The summed E-state index contributed by atoms with van der Waals surface area (Å²) in [6, 6.07) is 9.48. The molecule has 0 unspecified atom stereocenters. The number of nitro groups is 1. The van der Waals surface area contributed by atoms with Crippen LogP contribution in [0.2, 0.25) is 5.02 Å². The van der Waals surface area contributed by atoms with Gasteiger partial charge in [-0.1, -0.05) is 11.6 Å². The monoisotopic (exact) mass is 333 g/mol. The van der Waals surface area contributed by atoms with Crippen molar-refractivity contribution in [3.63, 3.8) is 0 Å². The van der Waals surface area contributed by atoms with Crippen LogP contribution in [0.25, 0.3) is 0 Å². The topological polar surface area (TPSA) is 75.5 Å². The van der Waals surface area contributed by atoms with Crippen LogP contribution in [0.5, 0.6) is 0 Å². The zero-order valence-electron chi connectivity index (χ0n) is 13.0. The lowest BCUT2D eigenvalue weighted by atomic mass is 10.1. The van der Waals surface area contributed by atoms with Crippen molar-refractivity contribution in [1.29, 1.82) is 0 Å². The Labute approximate surface area is 138 Å². The fraction of sp³-hybridized carbons (Fsp3) is 0.188. The minimum atomic E-state index is -0.500. The summed E-state index contributed by atoms with van der Waals surface area (Å²) in [6.07, 6.45) is 0. The summed E-state index contributed by atoms with van der Waals surface area (Å²) in [4.78, 5) is 24.6. The van der Waals surface area contributed by atoms with Gasteiger partial charge in [0.1, 0.15) is 5.69 Å². The smallest absolute Gasteiger partial charge is 0.293 e. The van der Waals surface area contributed by atoms with Gasteiger partial charge >= 0.3 is 0 Å². The van der Waals surface area contributed by atoms with Crippen LogP contribution in [0.3, 0.4) is 0 Å². The van der Waals surface area contributed by atoms with Crippen LogP contribution in [-0.2, 0) is 0 Å². The summed E-state index contributed by atoms with van der Waals surface area (Å²) in [5.41, 5.74) is 1.96. The van der Waals surface area contributed by atoms with E-state index < -0.39 is 10.8 Å². The summed E-state index contributed by atoms with van der Waals surface area (Å²) < 4.78 is 0. The van der Waals surface area contributed by atoms with E-state index in [4.69, 9.17) is 11.6 Å². The molecule has 0 atom stereocenters. The van der Waals surface area contributed by atoms with Crippen molar-refractivity contribution >= 4 is 34.6 Å². The molecule has 0 saturated heterocycles. The molecule has 0 aromatic heterocycles. The van der Waals surface area contributed by atoms with Gasteiger partial charge < -0.3 is 10.2 Å². The van der Waals surface area contributed by atoms with Crippen molar-refractivity contribution in [2.75, 3.05) is 24.3 Å². The second kappa shape index (κ2) is 6.66. The molecular formula is C16H16ClN3O3. The van der Waals surface area contributed by atoms with Gasteiger partial charge in [-0.2, -0.15) is 0 Å². The van der Waals surface area contributed by atoms with Crippen LogP contribution in [0.1, 0.15) is 15.9 Å². The predicted octanol–water partition coefficient (Wildman–Crippen LogP) is 3.87. The summed E-state index contributed by atoms with van der Waals surface area (Å²) in [7, 11) is 3.41. The highest BCUT2D eigenvalue weighted by Gasteiger charge is 2.19. The molecular weight excluding hydrogens is 318 g/mol. The summed E-state index contributed by atoms with van der Waals surface area (Å²) in [5, 5.41) is 14.5. The largest absolute Gasteiger partial charge is 0.372 e. The number of rotatable bonds is 4. The van der Waals surface area contributed by atoms with E-state index in [1.807, 2.05) is 6.92 Å². The molecule has 0 radical (unpaired) electrons. The number of hydrogen-bond donors (Lipinski definition) is 1. The Balaban J connectivity index is 2.32. The fourth-order valence-electron chi connectivity index (χ4n) is 2.15. The third kappa shape index (κ3) is 3.78. The summed E-state index contributed by atoms with van der Waals surface area (Å²) in [5.74, 6) is -0.413. The first-order valence-electron chi connectivity index (χ1n) is 6.83. The third-order valence-electron chi connectivity index (χ3n) is 3.35. The molecule has 0 aliphatic rings. The second-order valence-corrected chi connectivity index (χ2v) is 5.70. The Morgan fingerprint density at radius 3 is 2.48 bits per heavy atom. The van der Waals surface area contributed by atoms with Crippen molar-refractivity contribution < 1.29 is 9.72 Å². The molecule has 1 amide bonds. The molecule has 2 aromatic rings. The molecule has 2 rings (SSSR count). The van der Waals surface area contributed by atoms with Crippen LogP contribution >= 0.6 is 11.6 Å². The maximum absolute atomic E-state index is 12.3. The number of nitrogens with one attached hydrogen (secondary N) is 1. The minimum Gasteiger partial charge on any atom is -0.372 e. The Morgan fingerprint density at radius 1 is 1.22 bits per heavy atom. The number of anilines is 2. The Kier molecular flexibility index (Phi) is 4.86. The summed E-state index contributed by atoms with van der Waals surface area (Å²) >= 11 is 5.88. The zero-order valence-corrected chi connectivity index (χ0v) is 13.7. The molecule has 0 bridgehead atoms. The van der Waals surface area contributed by atoms with Crippen LogP contribution in [0, 0.1) is 17.0 Å². The van der Waals surface area contributed by atoms with Gasteiger partial charge in [0, 0.05) is 36.4 Å². The van der Waals surface area contributed by atoms with Gasteiger partial charge in [-0.3, -0.25) is 14.9 Å². The lowest BCUT2D eigenvalue weighted by molar-refractivity contribution is -0.384. The maximum atomic E-state index is 12.3. The molecule has 0 aliphatic heterocycles. The molecule has 23 heavy (non-hydrogen) atoms. The number of nitrogens with zero attached hydrogens (tertiary/aromatic N) is 2. The number of nitro benzene ring substituents is 1. The number of halogens is 1. The highest BCUT2D eigenvalue weighted by molar-refractivity contribution is 6.30. The van der Waals surface area contributed by atoms with Crippen LogP contribution in [-0.4, -0.2) is 24.9 Å². The Morgan fingerprint density at radius 2 is 1.91 bits per heavy atom. The lowest BCUT2D eigenvalue weighted by Crippen LogP contribution is -2.15. The number of hydrogen-bond acceptors (Lipinski definition) is 4. The van der Waals surface area contributed by atoms with Gasteiger partial charge in [0.05, 0.1) is 4.92 Å². The van der Waals surface area contributed by atoms with E-state index >= 15 is 0 Å². The lowest BCUT2D eigenvalue weighted by Gasteiger charge is -2.14. The van der Waals surface area contributed by atoms with Gasteiger partial charge in [-0.25, -0.2) is 0 Å².